The summed E-state index contributed by atoms with van der Waals surface area (Å²) in [4.78, 5) is 12.3. The zero-order valence-electron chi connectivity index (χ0n) is 14.2. The average Bonchev–Trinajstić information content (AvgIpc) is 2.73. The number of hydrogen-bond donors (Lipinski definition) is 2. The fourth-order valence-electron chi connectivity index (χ4n) is 2.56. The molecule has 0 aliphatic carbocycles. The molecule has 1 heterocycles. The van der Waals surface area contributed by atoms with Crippen molar-refractivity contribution in [3.8, 4) is 0 Å². The summed E-state index contributed by atoms with van der Waals surface area (Å²) in [6.45, 7) is 5.65. The number of nitrogens with zero attached hydrogens (tertiary/aromatic N) is 2. The number of benzene rings is 1. The van der Waals surface area contributed by atoms with E-state index in [9.17, 15) is 13.2 Å². The molecule has 0 saturated heterocycles. The third-order valence-corrected chi connectivity index (χ3v) is 5.01. The van der Waals surface area contributed by atoms with Gasteiger partial charge in [0.15, 0.2) is 0 Å². The molecule has 0 saturated carbocycles. The molecule has 7 nitrogen and oxygen atoms in total. The molecule has 0 radical (unpaired) electrons. The summed E-state index contributed by atoms with van der Waals surface area (Å²) in [5, 5.41) is 12.3. The molecule has 130 valence electrons. The van der Waals surface area contributed by atoms with E-state index in [1.54, 1.807) is 16.8 Å². The van der Waals surface area contributed by atoms with Gasteiger partial charge in [0.25, 0.3) is 0 Å². The standard InChI is InChI=1S/C16H22N4O3S/c1-10(13-5-7-14(8-6-13)24(17,22)23)18-16(21)9-15-11(2)19-20(4)12(15)3/h5-8,10H,9H2,1-4H3,(H,18,21)(H2,17,22,23). The first kappa shape index (κ1) is 18.2. The van der Waals surface area contributed by atoms with Crippen molar-refractivity contribution in [1.82, 2.24) is 15.1 Å². The molecule has 8 heteroatoms. The lowest BCUT2D eigenvalue weighted by molar-refractivity contribution is -0.121. The maximum atomic E-state index is 12.3. The van der Waals surface area contributed by atoms with Crippen LogP contribution in [-0.2, 0) is 28.3 Å². The number of hydrogen-bond acceptors (Lipinski definition) is 4. The lowest BCUT2D eigenvalue weighted by atomic mass is 10.1. The van der Waals surface area contributed by atoms with Crippen LogP contribution < -0.4 is 10.5 Å². The van der Waals surface area contributed by atoms with E-state index in [1.165, 1.54) is 12.1 Å². The van der Waals surface area contributed by atoms with E-state index in [0.29, 0.717) is 0 Å². The molecule has 0 spiro atoms. The maximum absolute atomic E-state index is 12.3. The first-order chi connectivity index (χ1) is 11.1. The average molecular weight is 350 g/mol. The van der Waals surface area contributed by atoms with Crippen molar-refractivity contribution < 1.29 is 13.2 Å². The second-order valence-electron chi connectivity index (χ2n) is 5.85. The fourth-order valence-corrected chi connectivity index (χ4v) is 3.07. The minimum Gasteiger partial charge on any atom is -0.349 e. The predicted molar refractivity (Wildman–Crippen MR) is 90.8 cm³/mol. The maximum Gasteiger partial charge on any atom is 0.238 e. The van der Waals surface area contributed by atoms with Gasteiger partial charge in [-0.1, -0.05) is 12.1 Å². The Morgan fingerprint density at radius 3 is 2.33 bits per heavy atom. The summed E-state index contributed by atoms with van der Waals surface area (Å²) < 4.78 is 24.3. The number of primary sulfonamides is 1. The van der Waals surface area contributed by atoms with Crippen molar-refractivity contribution in [2.75, 3.05) is 0 Å². The highest BCUT2D eigenvalue weighted by Gasteiger charge is 2.16. The van der Waals surface area contributed by atoms with Crippen LogP contribution in [0.5, 0.6) is 0 Å². The molecule has 1 aromatic heterocycles. The number of nitrogens with two attached hydrogens (primary N) is 1. The molecular weight excluding hydrogens is 328 g/mol. The van der Waals surface area contributed by atoms with Gasteiger partial charge in [-0.25, -0.2) is 13.6 Å². The van der Waals surface area contributed by atoms with Crippen molar-refractivity contribution in [2.24, 2.45) is 12.2 Å². The molecule has 1 aromatic carbocycles. The second-order valence-corrected chi connectivity index (χ2v) is 7.41. The highest BCUT2D eigenvalue weighted by molar-refractivity contribution is 7.89. The van der Waals surface area contributed by atoms with Gasteiger partial charge < -0.3 is 5.32 Å². The molecular formula is C16H22N4O3S. The van der Waals surface area contributed by atoms with Crippen molar-refractivity contribution in [1.29, 1.82) is 0 Å². The van der Waals surface area contributed by atoms with E-state index in [-0.39, 0.29) is 23.3 Å². The second kappa shape index (κ2) is 6.74. The van der Waals surface area contributed by atoms with Gasteiger partial charge in [-0.15, -0.1) is 0 Å². The fraction of sp³-hybridized carbons (Fsp3) is 0.375. The molecule has 0 aliphatic rings. The van der Waals surface area contributed by atoms with Gasteiger partial charge in [0.2, 0.25) is 15.9 Å². The van der Waals surface area contributed by atoms with Gasteiger partial charge in [0.05, 0.1) is 23.1 Å². The minimum absolute atomic E-state index is 0.0476. The van der Waals surface area contributed by atoms with Gasteiger partial charge in [0, 0.05) is 18.3 Å². The largest absolute Gasteiger partial charge is 0.349 e. The van der Waals surface area contributed by atoms with Crippen LogP contribution in [0, 0.1) is 13.8 Å². The van der Waals surface area contributed by atoms with Crippen molar-refractivity contribution >= 4 is 15.9 Å². The molecule has 1 unspecified atom stereocenters. The first-order valence-electron chi connectivity index (χ1n) is 7.50. The molecule has 0 aliphatic heterocycles. The van der Waals surface area contributed by atoms with Crippen LogP contribution in [0.2, 0.25) is 0 Å². The Kier molecular flexibility index (Phi) is 5.10. The number of aromatic nitrogens is 2. The van der Waals surface area contributed by atoms with E-state index < -0.39 is 10.0 Å². The number of rotatable bonds is 5. The summed E-state index contributed by atoms with van der Waals surface area (Å²) in [6, 6.07) is 5.91. The van der Waals surface area contributed by atoms with Gasteiger partial charge in [-0.05, 0) is 38.5 Å². The summed E-state index contributed by atoms with van der Waals surface area (Å²) >= 11 is 0. The van der Waals surface area contributed by atoms with E-state index in [0.717, 1.165) is 22.5 Å². The number of amides is 1. The third kappa shape index (κ3) is 4.01. The van der Waals surface area contributed by atoms with Gasteiger partial charge in [-0.3, -0.25) is 9.48 Å². The number of sulfonamides is 1. The number of aryl methyl sites for hydroxylation is 2. The van der Waals surface area contributed by atoms with Crippen molar-refractivity contribution in [2.45, 2.75) is 38.1 Å². The molecule has 3 N–H and O–H groups in total. The van der Waals surface area contributed by atoms with Gasteiger partial charge in [-0.2, -0.15) is 5.10 Å². The molecule has 0 fully saturated rings. The number of nitrogens with one attached hydrogen (secondary N) is 1. The summed E-state index contributed by atoms with van der Waals surface area (Å²) in [5.41, 5.74) is 3.53. The lowest BCUT2D eigenvalue weighted by Gasteiger charge is -2.15. The highest BCUT2D eigenvalue weighted by Crippen LogP contribution is 2.17. The number of carbonyl (C=O) groups excluding carboxylic acids is 1. The highest BCUT2D eigenvalue weighted by atomic mass is 32.2. The van der Waals surface area contributed by atoms with Gasteiger partial charge >= 0.3 is 0 Å². The number of carbonyl (C=O) groups is 1. The summed E-state index contributed by atoms with van der Waals surface area (Å²) in [5.74, 6) is -0.114. The summed E-state index contributed by atoms with van der Waals surface area (Å²) in [6.07, 6.45) is 0.255. The Bertz CT molecular complexity index is 854. The SMILES string of the molecule is Cc1nn(C)c(C)c1CC(=O)NC(C)c1ccc(S(N)(=O)=O)cc1. The third-order valence-electron chi connectivity index (χ3n) is 4.08. The van der Waals surface area contributed by atoms with Crippen LogP contribution in [0.4, 0.5) is 0 Å². The quantitative estimate of drug-likeness (QED) is 0.842. The molecule has 1 atom stereocenters. The Morgan fingerprint density at radius 2 is 1.88 bits per heavy atom. The molecule has 2 rings (SSSR count). The Hall–Kier alpha value is -2.19. The van der Waals surface area contributed by atoms with Crippen molar-refractivity contribution in [3.05, 3.63) is 46.8 Å². The van der Waals surface area contributed by atoms with Crippen LogP contribution in [0.15, 0.2) is 29.2 Å². The Morgan fingerprint density at radius 1 is 1.29 bits per heavy atom. The minimum atomic E-state index is -3.71. The molecule has 0 bridgehead atoms. The lowest BCUT2D eigenvalue weighted by Crippen LogP contribution is -2.28. The normalized spacial score (nSPS) is 12.9. The van der Waals surface area contributed by atoms with Crippen LogP contribution in [0.3, 0.4) is 0 Å². The predicted octanol–water partition coefficient (Wildman–Crippen LogP) is 1.10. The zero-order valence-corrected chi connectivity index (χ0v) is 15.0. The van der Waals surface area contributed by atoms with Crippen LogP contribution in [0.1, 0.15) is 35.5 Å². The van der Waals surface area contributed by atoms with Gasteiger partial charge in [0.1, 0.15) is 0 Å². The molecule has 24 heavy (non-hydrogen) atoms. The van der Waals surface area contributed by atoms with Crippen LogP contribution >= 0.6 is 0 Å². The Balaban J connectivity index is 2.06. The smallest absolute Gasteiger partial charge is 0.238 e. The van der Waals surface area contributed by atoms with Crippen LogP contribution in [-0.4, -0.2) is 24.1 Å². The molecule has 2 aromatic rings. The zero-order chi connectivity index (χ0) is 18.1. The van der Waals surface area contributed by atoms with Crippen molar-refractivity contribution in [3.63, 3.8) is 0 Å². The Labute approximate surface area is 141 Å². The van der Waals surface area contributed by atoms with E-state index in [4.69, 9.17) is 5.14 Å². The van der Waals surface area contributed by atoms with E-state index >= 15 is 0 Å². The van der Waals surface area contributed by atoms with E-state index in [2.05, 4.69) is 10.4 Å². The summed E-state index contributed by atoms with van der Waals surface area (Å²) in [7, 11) is -1.87. The first-order valence-corrected chi connectivity index (χ1v) is 9.05. The van der Waals surface area contributed by atoms with E-state index in [1.807, 2.05) is 27.8 Å². The monoisotopic (exact) mass is 350 g/mol. The van der Waals surface area contributed by atoms with Crippen LogP contribution in [0.25, 0.3) is 0 Å². The molecule has 1 amide bonds. The topological polar surface area (TPSA) is 107 Å².